The second kappa shape index (κ2) is 5.32. The molecule has 84 valence electrons. The molecule has 0 aliphatic carbocycles. The quantitative estimate of drug-likeness (QED) is 0.843. The van der Waals surface area contributed by atoms with Gasteiger partial charge in [0.05, 0.1) is 0 Å². The first-order valence-electron chi connectivity index (χ1n) is 5.05. The lowest BCUT2D eigenvalue weighted by Gasteiger charge is -2.02. The van der Waals surface area contributed by atoms with E-state index in [1.165, 1.54) is 5.56 Å². The Balaban J connectivity index is 2.08. The van der Waals surface area contributed by atoms with Crippen LogP contribution in [0.4, 0.5) is 10.8 Å². The number of nitrogens with zero attached hydrogens (tertiary/aromatic N) is 2. The van der Waals surface area contributed by atoms with E-state index in [0.717, 1.165) is 21.6 Å². The van der Waals surface area contributed by atoms with Crippen LogP contribution in [0.15, 0.2) is 28.6 Å². The summed E-state index contributed by atoms with van der Waals surface area (Å²) in [6.07, 6.45) is 3.07. The average Bonchev–Trinajstić information content (AvgIpc) is 2.78. The predicted octanol–water partition coefficient (Wildman–Crippen LogP) is 3.57. The summed E-state index contributed by atoms with van der Waals surface area (Å²) in [6.45, 7) is 2.15. The van der Waals surface area contributed by atoms with Gasteiger partial charge in [-0.2, -0.15) is 0 Å². The summed E-state index contributed by atoms with van der Waals surface area (Å²) in [4.78, 5) is 0. The lowest BCUT2D eigenvalue weighted by Crippen LogP contribution is -1.89. The third-order valence-corrected chi connectivity index (χ3v) is 4.01. The Bertz CT molecular complexity index is 451. The summed E-state index contributed by atoms with van der Waals surface area (Å²) in [5.41, 5.74) is 2.40. The van der Waals surface area contributed by atoms with Gasteiger partial charge in [0.25, 0.3) is 0 Å². The number of hydrogen-bond acceptors (Lipinski definition) is 5. The van der Waals surface area contributed by atoms with E-state index >= 15 is 0 Å². The van der Waals surface area contributed by atoms with Crippen molar-refractivity contribution in [1.29, 1.82) is 0 Å². The van der Waals surface area contributed by atoms with Crippen molar-refractivity contribution in [2.24, 2.45) is 0 Å². The topological polar surface area (TPSA) is 37.8 Å². The Kier molecular flexibility index (Phi) is 3.79. The van der Waals surface area contributed by atoms with Crippen LogP contribution in [-0.4, -0.2) is 16.5 Å². The SMILES string of the molecule is CCc1ccc(Nc2nnc(SC)s2)cc1. The molecule has 0 aliphatic rings. The molecule has 0 bridgehead atoms. The van der Waals surface area contributed by atoms with E-state index in [0.29, 0.717) is 0 Å². The molecule has 1 heterocycles. The van der Waals surface area contributed by atoms with Crippen molar-refractivity contribution in [3.8, 4) is 0 Å². The van der Waals surface area contributed by atoms with Crippen molar-refractivity contribution in [1.82, 2.24) is 10.2 Å². The van der Waals surface area contributed by atoms with Crippen molar-refractivity contribution in [3.05, 3.63) is 29.8 Å². The van der Waals surface area contributed by atoms with Crippen LogP contribution >= 0.6 is 23.1 Å². The van der Waals surface area contributed by atoms with Gasteiger partial charge >= 0.3 is 0 Å². The van der Waals surface area contributed by atoms with Crippen LogP contribution in [-0.2, 0) is 6.42 Å². The number of benzene rings is 1. The minimum Gasteiger partial charge on any atom is -0.330 e. The maximum Gasteiger partial charge on any atom is 0.210 e. The van der Waals surface area contributed by atoms with Crippen molar-refractivity contribution in [2.75, 3.05) is 11.6 Å². The van der Waals surface area contributed by atoms with Crippen molar-refractivity contribution >= 4 is 33.9 Å². The zero-order chi connectivity index (χ0) is 11.4. The number of aromatic nitrogens is 2. The van der Waals surface area contributed by atoms with Crippen LogP contribution in [0.1, 0.15) is 12.5 Å². The molecule has 0 spiro atoms. The Morgan fingerprint density at radius 1 is 1.25 bits per heavy atom. The summed E-state index contributed by atoms with van der Waals surface area (Å²) < 4.78 is 0.979. The number of thioether (sulfide) groups is 1. The normalized spacial score (nSPS) is 10.4. The van der Waals surface area contributed by atoms with E-state index in [1.54, 1.807) is 23.1 Å². The van der Waals surface area contributed by atoms with Gasteiger partial charge in [-0.3, -0.25) is 0 Å². The van der Waals surface area contributed by atoms with Crippen LogP contribution in [0.5, 0.6) is 0 Å². The highest BCUT2D eigenvalue weighted by Crippen LogP contribution is 2.25. The molecule has 0 aliphatic heterocycles. The number of aryl methyl sites for hydroxylation is 1. The number of nitrogens with one attached hydrogen (secondary N) is 1. The molecule has 0 fully saturated rings. The van der Waals surface area contributed by atoms with Gasteiger partial charge in [-0.05, 0) is 30.4 Å². The molecule has 0 radical (unpaired) electrons. The zero-order valence-corrected chi connectivity index (χ0v) is 10.9. The molecule has 2 aromatic rings. The lowest BCUT2D eigenvalue weighted by molar-refractivity contribution is 1.02. The first kappa shape index (κ1) is 11.4. The second-order valence-electron chi connectivity index (χ2n) is 3.25. The summed E-state index contributed by atoms with van der Waals surface area (Å²) in [5.74, 6) is 0. The first-order chi connectivity index (χ1) is 7.81. The highest BCUT2D eigenvalue weighted by atomic mass is 32.2. The molecule has 0 saturated heterocycles. The first-order valence-corrected chi connectivity index (χ1v) is 7.09. The van der Waals surface area contributed by atoms with E-state index in [9.17, 15) is 0 Å². The van der Waals surface area contributed by atoms with Crippen LogP contribution in [0.2, 0.25) is 0 Å². The molecule has 16 heavy (non-hydrogen) atoms. The molecule has 5 heteroatoms. The Labute approximate surface area is 103 Å². The minimum atomic E-state index is 0.841. The molecule has 2 rings (SSSR count). The van der Waals surface area contributed by atoms with E-state index in [2.05, 4.69) is 46.7 Å². The molecule has 1 aromatic carbocycles. The zero-order valence-electron chi connectivity index (χ0n) is 9.23. The summed E-state index contributed by atoms with van der Waals surface area (Å²) >= 11 is 3.18. The van der Waals surface area contributed by atoms with Crippen LogP contribution in [0.25, 0.3) is 0 Å². The standard InChI is InChI=1S/C11H13N3S2/c1-3-8-4-6-9(7-5-8)12-10-13-14-11(15-2)16-10/h4-7H,3H2,1-2H3,(H,12,13). The summed E-state index contributed by atoms with van der Waals surface area (Å²) in [5, 5.41) is 12.2. The van der Waals surface area contributed by atoms with E-state index < -0.39 is 0 Å². The average molecular weight is 251 g/mol. The fourth-order valence-corrected chi connectivity index (χ4v) is 2.48. The lowest BCUT2D eigenvalue weighted by atomic mass is 10.1. The maximum atomic E-state index is 4.06. The van der Waals surface area contributed by atoms with Gasteiger partial charge in [0.15, 0.2) is 4.34 Å². The Morgan fingerprint density at radius 3 is 2.56 bits per heavy atom. The molecule has 0 unspecified atom stereocenters. The van der Waals surface area contributed by atoms with Crippen LogP contribution in [0.3, 0.4) is 0 Å². The van der Waals surface area contributed by atoms with Gasteiger partial charge in [0.1, 0.15) is 0 Å². The fourth-order valence-electron chi connectivity index (χ4n) is 1.29. The number of anilines is 2. The van der Waals surface area contributed by atoms with Gasteiger partial charge in [-0.25, -0.2) is 0 Å². The largest absolute Gasteiger partial charge is 0.330 e. The predicted molar refractivity (Wildman–Crippen MR) is 70.8 cm³/mol. The van der Waals surface area contributed by atoms with Crippen molar-refractivity contribution < 1.29 is 0 Å². The molecule has 0 amide bonds. The molecular weight excluding hydrogens is 238 g/mol. The molecule has 1 N–H and O–H groups in total. The number of hydrogen-bond donors (Lipinski definition) is 1. The summed E-state index contributed by atoms with van der Waals surface area (Å²) in [6, 6.07) is 8.38. The second-order valence-corrected chi connectivity index (χ2v) is 5.28. The Morgan fingerprint density at radius 2 is 2.00 bits per heavy atom. The molecular formula is C11H13N3S2. The molecule has 3 nitrogen and oxygen atoms in total. The smallest absolute Gasteiger partial charge is 0.210 e. The van der Waals surface area contributed by atoms with Gasteiger partial charge in [0, 0.05) is 5.69 Å². The maximum absolute atomic E-state index is 4.06. The minimum absolute atomic E-state index is 0.841. The fraction of sp³-hybridized carbons (Fsp3) is 0.273. The van der Waals surface area contributed by atoms with Crippen LogP contribution in [0, 0.1) is 0 Å². The van der Waals surface area contributed by atoms with Crippen molar-refractivity contribution in [3.63, 3.8) is 0 Å². The third kappa shape index (κ3) is 2.74. The highest BCUT2D eigenvalue weighted by molar-refractivity contribution is 8.00. The highest BCUT2D eigenvalue weighted by Gasteiger charge is 2.02. The van der Waals surface area contributed by atoms with E-state index in [4.69, 9.17) is 0 Å². The monoisotopic (exact) mass is 251 g/mol. The van der Waals surface area contributed by atoms with E-state index in [-0.39, 0.29) is 0 Å². The van der Waals surface area contributed by atoms with Gasteiger partial charge in [-0.1, -0.05) is 42.2 Å². The van der Waals surface area contributed by atoms with Gasteiger partial charge < -0.3 is 5.32 Å². The van der Waals surface area contributed by atoms with Crippen LogP contribution < -0.4 is 5.32 Å². The van der Waals surface area contributed by atoms with Gasteiger partial charge in [-0.15, -0.1) is 10.2 Å². The molecule has 0 atom stereocenters. The Hall–Kier alpha value is -1.07. The third-order valence-electron chi connectivity index (χ3n) is 2.19. The van der Waals surface area contributed by atoms with Gasteiger partial charge in [0.2, 0.25) is 5.13 Å². The molecule has 0 saturated carbocycles. The van der Waals surface area contributed by atoms with E-state index in [1.807, 2.05) is 6.26 Å². The number of rotatable bonds is 4. The summed E-state index contributed by atoms with van der Waals surface area (Å²) in [7, 11) is 0. The van der Waals surface area contributed by atoms with Crippen molar-refractivity contribution in [2.45, 2.75) is 17.7 Å². The molecule has 1 aromatic heterocycles.